The molecule has 0 saturated carbocycles. The van der Waals surface area contributed by atoms with Crippen LogP contribution in [0.25, 0.3) is 0 Å². The first-order valence-corrected chi connectivity index (χ1v) is 7.74. The summed E-state index contributed by atoms with van der Waals surface area (Å²) in [6.45, 7) is 7.01. The minimum atomic E-state index is -0.466. The van der Waals surface area contributed by atoms with E-state index in [2.05, 4.69) is 20.8 Å². The molecule has 1 aliphatic heterocycles. The molecule has 1 aliphatic rings. The van der Waals surface area contributed by atoms with E-state index in [1.807, 2.05) is 13.8 Å². The standard InChI is InChI=1S/C14H19BrClFN2O/c1-14(2,19-5-7-20-8-6-19)13(18)9-3-4-10(15)11(16)12(9)17/h3-4,13H,5-8,18H2,1-2H3. The topological polar surface area (TPSA) is 38.5 Å². The van der Waals surface area contributed by atoms with Gasteiger partial charge in [-0.1, -0.05) is 17.7 Å². The molecule has 0 amide bonds. The zero-order chi connectivity index (χ0) is 14.9. The van der Waals surface area contributed by atoms with Gasteiger partial charge < -0.3 is 10.5 Å². The molecular weight excluding hydrogens is 347 g/mol. The second kappa shape index (κ2) is 6.28. The number of hydrogen-bond donors (Lipinski definition) is 1. The van der Waals surface area contributed by atoms with Crippen LogP contribution in [0.1, 0.15) is 25.5 Å². The molecule has 3 nitrogen and oxygen atoms in total. The van der Waals surface area contributed by atoms with Crippen LogP contribution in [-0.4, -0.2) is 36.7 Å². The Kier molecular flexibility index (Phi) is 5.08. The molecule has 2 N–H and O–H groups in total. The van der Waals surface area contributed by atoms with E-state index in [1.165, 1.54) is 0 Å². The molecule has 20 heavy (non-hydrogen) atoms. The van der Waals surface area contributed by atoms with Crippen molar-refractivity contribution >= 4 is 27.5 Å². The number of rotatable bonds is 3. The van der Waals surface area contributed by atoms with E-state index in [1.54, 1.807) is 12.1 Å². The van der Waals surface area contributed by atoms with E-state index in [0.29, 0.717) is 23.2 Å². The summed E-state index contributed by atoms with van der Waals surface area (Å²) in [5.41, 5.74) is 6.39. The van der Waals surface area contributed by atoms with Crippen LogP contribution < -0.4 is 5.73 Å². The number of hydrogen-bond acceptors (Lipinski definition) is 3. The first-order chi connectivity index (χ1) is 9.35. The normalized spacial score (nSPS) is 19.1. The van der Waals surface area contributed by atoms with Crippen molar-refractivity contribution in [1.29, 1.82) is 0 Å². The van der Waals surface area contributed by atoms with Gasteiger partial charge >= 0.3 is 0 Å². The lowest BCUT2D eigenvalue weighted by Gasteiger charge is -2.44. The van der Waals surface area contributed by atoms with Gasteiger partial charge in [-0.2, -0.15) is 0 Å². The lowest BCUT2D eigenvalue weighted by Crippen LogP contribution is -2.55. The molecule has 1 fully saturated rings. The fourth-order valence-electron chi connectivity index (χ4n) is 2.50. The summed E-state index contributed by atoms with van der Waals surface area (Å²) in [5.74, 6) is -0.449. The predicted molar refractivity (Wildman–Crippen MR) is 82.5 cm³/mol. The van der Waals surface area contributed by atoms with Crippen molar-refractivity contribution in [3.63, 3.8) is 0 Å². The Bertz CT molecular complexity index is 492. The Morgan fingerprint density at radius 3 is 2.60 bits per heavy atom. The van der Waals surface area contributed by atoms with Gasteiger partial charge in [0.15, 0.2) is 0 Å². The quantitative estimate of drug-likeness (QED) is 0.835. The summed E-state index contributed by atoms with van der Waals surface area (Å²) in [6.07, 6.45) is 0. The van der Waals surface area contributed by atoms with Crippen molar-refractivity contribution in [3.8, 4) is 0 Å². The number of nitrogens with zero attached hydrogens (tertiary/aromatic N) is 1. The first kappa shape index (κ1) is 16.2. The van der Waals surface area contributed by atoms with Crippen LogP contribution >= 0.6 is 27.5 Å². The minimum Gasteiger partial charge on any atom is -0.379 e. The number of halogens is 3. The molecule has 0 aromatic heterocycles. The highest BCUT2D eigenvalue weighted by atomic mass is 79.9. The molecule has 0 bridgehead atoms. The van der Waals surface area contributed by atoms with Crippen molar-refractivity contribution in [2.24, 2.45) is 5.73 Å². The molecule has 0 spiro atoms. The zero-order valence-corrected chi connectivity index (χ0v) is 14.0. The number of benzene rings is 1. The fraction of sp³-hybridized carbons (Fsp3) is 0.571. The van der Waals surface area contributed by atoms with Gasteiger partial charge in [-0.15, -0.1) is 0 Å². The van der Waals surface area contributed by atoms with E-state index in [0.717, 1.165) is 13.1 Å². The molecule has 1 aromatic rings. The summed E-state index contributed by atoms with van der Waals surface area (Å²) in [4.78, 5) is 2.23. The lowest BCUT2D eigenvalue weighted by atomic mass is 9.87. The second-order valence-corrected chi connectivity index (χ2v) is 6.73. The van der Waals surface area contributed by atoms with E-state index < -0.39 is 11.9 Å². The summed E-state index contributed by atoms with van der Waals surface area (Å²) in [6, 6.07) is 2.96. The van der Waals surface area contributed by atoms with Crippen molar-refractivity contribution in [3.05, 3.63) is 33.0 Å². The number of nitrogens with two attached hydrogens (primary N) is 1. The van der Waals surface area contributed by atoms with Crippen LogP contribution in [0.5, 0.6) is 0 Å². The van der Waals surface area contributed by atoms with Gasteiger partial charge in [-0.3, -0.25) is 4.90 Å². The number of morpholine rings is 1. The smallest absolute Gasteiger partial charge is 0.147 e. The summed E-state index contributed by atoms with van der Waals surface area (Å²) >= 11 is 9.17. The van der Waals surface area contributed by atoms with Gasteiger partial charge in [0.05, 0.1) is 24.3 Å². The average molecular weight is 366 g/mol. The van der Waals surface area contributed by atoms with Crippen LogP contribution in [0.15, 0.2) is 16.6 Å². The first-order valence-electron chi connectivity index (χ1n) is 6.57. The van der Waals surface area contributed by atoms with Crippen LogP contribution in [0, 0.1) is 5.82 Å². The van der Waals surface area contributed by atoms with Gasteiger partial charge in [0.1, 0.15) is 5.82 Å². The maximum atomic E-state index is 14.3. The van der Waals surface area contributed by atoms with Crippen molar-refractivity contribution in [2.75, 3.05) is 26.3 Å². The molecule has 1 atom stereocenters. The van der Waals surface area contributed by atoms with Crippen LogP contribution in [0.2, 0.25) is 5.02 Å². The van der Waals surface area contributed by atoms with Crippen LogP contribution in [-0.2, 0) is 4.74 Å². The van der Waals surface area contributed by atoms with Gasteiger partial charge in [0.2, 0.25) is 0 Å². The average Bonchev–Trinajstić information content (AvgIpc) is 2.45. The van der Waals surface area contributed by atoms with E-state index >= 15 is 0 Å². The van der Waals surface area contributed by atoms with Gasteiger partial charge in [-0.25, -0.2) is 4.39 Å². The van der Waals surface area contributed by atoms with Crippen molar-refractivity contribution in [2.45, 2.75) is 25.4 Å². The lowest BCUT2D eigenvalue weighted by molar-refractivity contribution is -0.0194. The van der Waals surface area contributed by atoms with Gasteiger partial charge in [0.25, 0.3) is 0 Å². The Labute approximate surface area is 132 Å². The van der Waals surface area contributed by atoms with Crippen molar-refractivity contribution in [1.82, 2.24) is 4.90 Å². The van der Waals surface area contributed by atoms with E-state index in [-0.39, 0.29) is 10.6 Å². The molecule has 0 aliphatic carbocycles. The Hall–Kier alpha value is -0.200. The van der Waals surface area contributed by atoms with E-state index in [9.17, 15) is 4.39 Å². The summed E-state index contributed by atoms with van der Waals surface area (Å²) in [7, 11) is 0. The molecular formula is C14H19BrClFN2O. The third-order valence-corrected chi connectivity index (χ3v) is 5.25. The maximum Gasteiger partial charge on any atom is 0.147 e. The minimum absolute atomic E-state index is 0.0794. The SMILES string of the molecule is CC(C)(C(N)c1ccc(Br)c(Cl)c1F)N1CCOCC1. The molecule has 1 unspecified atom stereocenters. The highest BCUT2D eigenvalue weighted by molar-refractivity contribution is 9.10. The second-order valence-electron chi connectivity index (χ2n) is 5.50. The van der Waals surface area contributed by atoms with Gasteiger partial charge in [0, 0.05) is 28.7 Å². The molecule has 1 aromatic carbocycles. The Balaban J connectivity index is 2.29. The molecule has 1 saturated heterocycles. The van der Waals surface area contributed by atoms with Gasteiger partial charge in [-0.05, 0) is 35.8 Å². The van der Waals surface area contributed by atoms with Crippen LogP contribution in [0.4, 0.5) is 4.39 Å². The summed E-state index contributed by atoms with van der Waals surface area (Å²) in [5, 5.41) is 0.0794. The monoisotopic (exact) mass is 364 g/mol. The third kappa shape index (κ3) is 3.02. The zero-order valence-electron chi connectivity index (χ0n) is 11.6. The van der Waals surface area contributed by atoms with E-state index in [4.69, 9.17) is 22.1 Å². The van der Waals surface area contributed by atoms with Crippen molar-refractivity contribution < 1.29 is 9.13 Å². The Morgan fingerprint density at radius 1 is 1.40 bits per heavy atom. The largest absolute Gasteiger partial charge is 0.379 e. The highest BCUT2D eigenvalue weighted by Gasteiger charge is 2.36. The maximum absolute atomic E-state index is 14.3. The fourth-order valence-corrected chi connectivity index (χ4v) is 2.98. The third-order valence-electron chi connectivity index (χ3n) is 3.99. The summed E-state index contributed by atoms with van der Waals surface area (Å²) < 4.78 is 20.2. The molecule has 1 heterocycles. The Morgan fingerprint density at radius 2 is 2.00 bits per heavy atom. The highest BCUT2D eigenvalue weighted by Crippen LogP contribution is 2.35. The number of ether oxygens (including phenoxy) is 1. The van der Waals surface area contributed by atoms with Crippen LogP contribution in [0.3, 0.4) is 0 Å². The predicted octanol–water partition coefficient (Wildman–Crippen LogP) is 3.35. The molecule has 112 valence electrons. The molecule has 2 rings (SSSR count). The molecule has 0 radical (unpaired) electrons. The molecule has 6 heteroatoms.